The number of carbonyl (C=O) groups excluding carboxylic acids is 2. The van der Waals surface area contributed by atoms with Crippen molar-refractivity contribution in [2.24, 2.45) is 11.8 Å². The molecule has 1 aromatic carbocycles. The van der Waals surface area contributed by atoms with Gasteiger partial charge in [0, 0.05) is 25.3 Å². The van der Waals surface area contributed by atoms with Crippen LogP contribution in [0.4, 0.5) is 0 Å². The number of ketones is 1. The molecule has 1 amide bonds. The second-order valence-corrected chi connectivity index (χ2v) is 6.67. The first-order valence-electron chi connectivity index (χ1n) is 8.47. The molecule has 3 atom stereocenters. The summed E-state index contributed by atoms with van der Waals surface area (Å²) in [6.45, 7) is 6.78. The summed E-state index contributed by atoms with van der Waals surface area (Å²) < 4.78 is 0. The zero-order valence-corrected chi connectivity index (χ0v) is 14.3. The zero-order chi connectivity index (χ0) is 17.0. The fourth-order valence-electron chi connectivity index (χ4n) is 3.28. The lowest BCUT2D eigenvalue weighted by atomic mass is 9.79. The predicted octanol–water partition coefficient (Wildman–Crippen LogP) is 2.88. The zero-order valence-electron chi connectivity index (χ0n) is 14.3. The lowest BCUT2D eigenvalue weighted by Crippen LogP contribution is -2.42. The number of hydrogen-bond donors (Lipinski definition) is 1. The Balaban J connectivity index is 2.02. The molecular formula is C19H27NO3. The predicted molar refractivity (Wildman–Crippen MR) is 89.9 cm³/mol. The number of rotatable bonds is 5. The van der Waals surface area contributed by atoms with Crippen LogP contribution in [0.3, 0.4) is 0 Å². The van der Waals surface area contributed by atoms with Gasteiger partial charge >= 0.3 is 0 Å². The van der Waals surface area contributed by atoms with Crippen molar-refractivity contribution in [2.75, 3.05) is 13.1 Å². The van der Waals surface area contributed by atoms with E-state index in [9.17, 15) is 14.7 Å². The molecule has 23 heavy (non-hydrogen) atoms. The summed E-state index contributed by atoms with van der Waals surface area (Å²) in [6, 6.07) is 7.73. The molecule has 0 bridgehead atoms. The molecule has 1 aliphatic carbocycles. The number of aliphatic hydroxyl groups is 1. The Morgan fingerprint density at radius 2 is 2.00 bits per heavy atom. The second-order valence-electron chi connectivity index (χ2n) is 6.67. The quantitative estimate of drug-likeness (QED) is 0.908. The van der Waals surface area contributed by atoms with E-state index in [1.807, 2.05) is 45.0 Å². The van der Waals surface area contributed by atoms with Crippen LogP contribution in [0.25, 0.3) is 0 Å². The lowest BCUT2D eigenvalue weighted by molar-refractivity contribution is -0.141. The van der Waals surface area contributed by atoms with E-state index in [0.29, 0.717) is 32.4 Å². The van der Waals surface area contributed by atoms with Gasteiger partial charge in [-0.25, -0.2) is 0 Å². The third kappa shape index (κ3) is 4.41. The SMILES string of the molecule is CCN(CC(O)c1ccc(C)cc1)C(=O)C1CCC(=O)CC1C. The molecule has 0 radical (unpaired) electrons. The first kappa shape index (κ1) is 17.7. The Labute approximate surface area is 138 Å². The van der Waals surface area contributed by atoms with E-state index < -0.39 is 6.10 Å². The Hall–Kier alpha value is -1.68. The highest BCUT2D eigenvalue weighted by Crippen LogP contribution is 2.29. The fourth-order valence-corrected chi connectivity index (χ4v) is 3.28. The van der Waals surface area contributed by atoms with E-state index in [2.05, 4.69) is 0 Å². The van der Waals surface area contributed by atoms with Crippen molar-refractivity contribution in [1.29, 1.82) is 0 Å². The average molecular weight is 317 g/mol. The van der Waals surface area contributed by atoms with Gasteiger partial charge in [0.1, 0.15) is 5.78 Å². The third-order valence-electron chi connectivity index (χ3n) is 4.84. The molecule has 4 nitrogen and oxygen atoms in total. The minimum absolute atomic E-state index is 0.0682. The number of aryl methyl sites for hydroxylation is 1. The van der Waals surface area contributed by atoms with Crippen molar-refractivity contribution < 1.29 is 14.7 Å². The molecule has 0 saturated heterocycles. The summed E-state index contributed by atoms with van der Waals surface area (Å²) >= 11 is 0. The third-order valence-corrected chi connectivity index (χ3v) is 4.84. The normalized spacial score (nSPS) is 22.7. The van der Waals surface area contributed by atoms with Crippen LogP contribution in [-0.4, -0.2) is 34.8 Å². The minimum atomic E-state index is -0.681. The highest BCUT2D eigenvalue weighted by Gasteiger charge is 2.34. The Morgan fingerprint density at radius 3 is 2.57 bits per heavy atom. The topological polar surface area (TPSA) is 57.6 Å². The van der Waals surface area contributed by atoms with Gasteiger partial charge in [-0.3, -0.25) is 9.59 Å². The van der Waals surface area contributed by atoms with Crippen molar-refractivity contribution in [3.05, 3.63) is 35.4 Å². The number of carbonyl (C=O) groups is 2. The largest absolute Gasteiger partial charge is 0.387 e. The van der Waals surface area contributed by atoms with E-state index in [0.717, 1.165) is 11.1 Å². The molecule has 1 N–H and O–H groups in total. The highest BCUT2D eigenvalue weighted by atomic mass is 16.3. The van der Waals surface area contributed by atoms with Crippen molar-refractivity contribution in [3.63, 3.8) is 0 Å². The maximum absolute atomic E-state index is 12.8. The molecular weight excluding hydrogens is 290 g/mol. The number of nitrogens with zero attached hydrogens (tertiary/aromatic N) is 1. The van der Waals surface area contributed by atoms with Crippen LogP contribution in [0, 0.1) is 18.8 Å². The molecule has 1 aliphatic rings. The maximum atomic E-state index is 12.8. The molecule has 3 unspecified atom stereocenters. The maximum Gasteiger partial charge on any atom is 0.226 e. The van der Waals surface area contributed by atoms with Crippen LogP contribution < -0.4 is 0 Å². The fraction of sp³-hybridized carbons (Fsp3) is 0.579. The van der Waals surface area contributed by atoms with E-state index in [1.54, 1.807) is 4.90 Å². The molecule has 0 aromatic heterocycles. The number of benzene rings is 1. The van der Waals surface area contributed by atoms with Crippen molar-refractivity contribution in [3.8, 4) is 0 Å². The molecule has 1 fully saturated rings. The second kappa shape index (κ2) is 7.73. The number of hydrogen-bond acceptors (Lipinski definition) is 3. The number of likely N-dealkylation sites (N-methyl/N-ethyl adjacent to an activating group) is 1. The molecule has 1 aromatic rings. The monoisotopic (exact) mass is 317 g/mol. The summed E-state index contributed by atoms with van der Waals surface area (Å²) in [6.07, 6.45) is 0.948. The van der Waals surface area contributed by atoms with Crippen LogP contribution >= 0.6 is 0 Å². The number of amides is 1. The lowest BCUT2D eigenvalue weighted by Gasteiger charge is -2.33. The Bertz CT molecular complexity index is 552. The molecule has 0 spiro atoms. The number of aliphatic hydroxyl groups excluding tert-OH is 1. The van der Waals surface area contributed by atoms with E-state index in [4.69, 9.17) is 0 Å². The Morgan fingerprint density at radius 1 is 1.35 bits per heavy atom. The molecule has 2 rings (SSSR count). The van der Waals surface area contributed by atoms with Crippen molar-refractivity contribution in [1.82, 2.24) is 4.90 Å². The van der Waals surface area contributed by atoms with Crippen LogP contribution in [0.2, 0.25) is 0 Å². The highest BCUT2D eigenvalue weighted by molar-refractivity contribution is 5.85. The number of Topliss-reactive ketones (excluding diaryl/α,β-unsaturated/α-hetero) is 1. The van der Waals surface area contributed by atoms with E-state index in [-0.39, 0.29) is 23.5 Å². The van der Waals surface area contributed by atoms with Gasteiger partial charge in [0.15, 0.2) is 0 Å². The van der Waals surface area contributed by atoms with Crippen LogP contribution in [0.5, 0.6) is 0 Å². The Kier molecular flexibility index (Phi) is 5.94. The molecule has 126 valence electrons. The summed E-state index contributed by atoms with van der Waals surface area (Å²) in [5.74, 6) is 0.315. The van der Waals surface area contributed by atoms with Gasteiger partial charge in [0.25, 0.3) is 0 Å². The van der Waals surface area contributed by atoms with Gasteiger partial charge in [-0.2, -0.15) is 0 Å². The molecule has 0 aliphatic heterocycles. The van der Waals surface area contributed by atoms with Crippen LogP contribution in [0.15, 0.2) is 24.3 Å². The van der Waals surface area contributed by atoms with Gasteiger partial charge in [-0.05, 0) is 31.7 Å². The standard InChI is InChI=1S/C19H27NO3/c1-4-20(12-18(22)15-7-5-13(2)6-8-15)19(23)17-10-9-16(21)11-14(17)3/h5-8,14,17-18,22H,4,9-12H2,1-3H3. The van der Waals surface area contributed by atoms with Crippen LogP contribution in [-0.2, 0) is 9.59 Å². The van der Waals surface area contributed by atoms with E-state index in [1.165, 1.54) is 0 Å². The molecule has 1 saturated carbocycles. The van der Waals surface area contributed by atoms with Gasteiger partial charge in [-0.15, -0.1) is 0 Å². The summed E-state index contributed by atoms with van der Waals surface area (Å²) in [5, 5.41) is 10.4. The van der Waals surface area contributed by atoms with Gasteiger partial charge in [-0.1, -0.05) is 36.8 Å². The summed E-state index contributed by atoms with van der Waals surface area (Å²) in [7, 11) is 0. The van der Waals surface area contributed by atoms with Crippen LogP contribution in [0.1, 0.15) is 50.3 Å². The van der Waals surface area contributed by atoms with Gasteiger partial charge < -0.3 is 10.0 Å². The van der Waals surface area contributed by atoms with E-state index >= 15 is 0 Å². The minimum Gasteiger partial charge on any atom is -0.387 e. The molecule has 0 heterocycles. The van der Waals surface area contributed by atoms with Crippen molar-refractivity contribution in [2.45, 2.75) is 46.1 Å². The first-order valence-corrected chi connectivity index (χ1v) is 8.47. The summed E-state index contributed by atoms with van der Waals surface area (Å²) in [5.41, 5.74) is 1.97. The average Bonchev–Trinajstić information content (AvgIpc) is 2.52. The first-order chi connectivity index (χ1) is 10.9. The smallest absolute Gasteiger partial charge is 0.226 e. The van der Waals surface area contributed by atoms with Crippen molar-refractivity contribution >= 4 is 11.7 Å². The van der Waals surface area contributed by atoms with Gasteiger partial charge in [0.05, 0.1) is 12.6 Å². The summed E-state index contributed by atoms with van der Waals surface area (Å²) in [4.78, 5) is 26.0. The van der Waals surface area contributed by atoms with Gasteiger partial charge in [0.2, 0.25) is 5.91 Å². The molecule has 4 heteroatoms.